The van der Waals surface area contributed by atoms with Gasteiger partial charge in [0.05, 0.1) is 18.2 Å². The summed E-state index contributed by atoms with van der Waals surface area (Å²) in [6.45, 7) is 1.26. The molecular formula is C11H5F3KN3O2. The molecule has 0 bridgehead atoms. The van der Waals surface area contributed by atoms with E-state index in [4.69, 9.17) is 10.5 Å². The largest absolute Gasteiger partial charge is 1.00 e. The number of nitrogens with zero attached hydrogens (tertiary/aromatic N) is 3. The molecule has 0 fully saturated rings. The predicted octanol–water partition coefficient (Wildman–Crippen LogP) is -1.62. The van der Waals surface area contributed by atoms with E-state index >= 15 is 0 Å². The van der Waals surface area contributed by atoms with E-state index in [1.54, 1.807) is 0 Å². The first-order valence-electron chi connectivity index (χ1n) is 4.87. The van der Waals surface area contributed by atoms with Crippen LogP contribution in [0, 0.1) is 46.2 Å². The maximum Gasteiger partial charge on any atom is 1.00 e. The second kappa shape index (κ2) is 8.24. The van der Waals surface area contributed by atoms with Crippen molar-refractivity contribution < 1.29 is 74.1 Å². The Morgan fingerprint density at radius 3 is 2.40 bits per heavy atom. The standard InChI is InChI=1S/C11H5F3N3O2.K/c1-2-19-11(18)5(3-15)7-8(12)6(4-16)17-10(14)9(7)13;/h2H2,1H3;/q-1;+1. The second-order valence-electron chi connectivity index (χ2n) is 3.07. The minimum Gasteiger partial charge on any atom is -0.471 e. The van der Waals surface area contributed by atoms with Gasteiger partial charge in [0, 0.05) is 12.0 Å². The molecule has 0 aromatic carbocycles. The van der Waals surface area contributed by atoms with Gasteiger partial charge in [-0.15, -0.1) is 0 Å². The average Bonchev–Trinajstić information content (AvgIpc) is 2.39. The van der Waals surface area contributed by atoms with Crippen LogP contribution in [0.2, 0.25) is 0 Å². The number of aromatic nitrogens is 1. The van der Waals surface area contributed by atoms with Gasteiger partial charge < -0.3 is 4.74 Å². The zero-order valence-corrected chi connectivity index (χ0v) is 13.6. The summed E-state index contributed by atoms with van der Waals surface area (Å²) in [5.74, 6) is -7.61. The van der Waals surface area contributed by atoms with Crippen LogP contribution >= 0.6 is 0 Å². The number of pyridine rings is 1. The number of esters is 1. The zero-order valence-electron chi connectivity index (χ0n) is 10.5. The molecule has 1 heterocycles. The van der Waals surface area contributed by atoms with Crippen LogP contribution in [0.25, 0.3) is 0 Å². The summed E-state index contributed by atoms with van der Waals surface area (Å²) in [4.78, 5) is 14.1. The Bertz CT molecular complexity index is 610. The molecule has 1 aromatic heterocycles. The maximum absolute atomic E-state index is 13.7. The van der Waals surface area contributed by atoms with Crippen molar-refractivity contribution in [2.75, 3.05) is 6.61 Å². The number of carbonyl (C=O) groups is 1. The van der Waals surface area contributed by atoms with E-state index in [1.807, 2.05) is 0 Å². The van der Waals surface area contributed by atoms with Gasteiger partial charge in [0.1, 0.15) is 11.8 Å². The molecule has 0 atom stereocenters. The molecule has 0 spiro atoms. The van der Waals surface area contributed by atoms with Crippen molar-refractivity contribution in [3.05, 3.63) is 34.8 Å². The first-order valence-corrected chi connectivity index (χ1v) is 4.87. The van der Waals surface area contributed by atoms with Crippen LogP contribution in [-0.4, -0.2) is 17.6 Å². The number of nitriles is 2. The summed E-state index contributed by atoms with van der Waals surface area (Å²) in [6.07, 6.45) is 0. The minimum atomic E-state index is -1.83. The molecule has 20 heavy (non-hydrogen) atoms. The third-order valence-electron chi connectivity index (χ3n) is 1.99. The molecule has 0 aliphatic carbocycles. The zero-order chi connectivity index (χ0) is 14.6. The monoisotopic (exact) mass is 307 g/mol. The van der Waals surface area contributed by atoms with E-state index in [2.05, 4.69) is 9.72 Å². The number of ether oxygens (including phenoxy) is 1. The van der Waals surface area contributed by atoms with Gasteiger partial charge in [-0.05, 0) is 6.92 Å². The predicted molar refractivity (Wildman–Crippen MR) is 53.4 cm³/mol. The second-order valence-corrected chi connectivity index (χ2v) is 3.07. The van der Waals surface area contributed by atoms with Gasteiger partial charge in [0.15, 0.2) is 5.95 Å². The molecule has 0 unspecified atom stereocenters. The Morgan fingerprint density at radius 2 is 1.95 bits per heavy atom. The summed E-state index contributed by atoms with van der Waals surface area (Å²) in [6, 6.07) is 2.41. The van der Waals surface area contributed by atoms with E-state index in [1.165, 1.54) is 19.1 Å². The molecule has 5 nitrogen and oxygen atoms in total. The van der Waals surface area contributed by atoms with Crippen molar-refractivity contribution in [2.45, 2.75) is 6.92 Å². The number of hydrogen-bond acceptors (Lipinski definition) is 5. The fourth-order valence-corrected chi connectivity index (χ4v) is 1.21. The molecule has 0 amide bonds. The molecule has 0 saturated heterocycles. The van der Waals surface area contributed by atoms with Crippen LogP contribution in [0.15, 0.2) is 0 Å². The molecule has 1 rings (SSSR count). The van der Waals surface area contributed by atoms with Crippen LogP contribution in [-0.2, 0) is 9.53 Å². The van der Waals surface area contributed by atoms with Crippen LogP contribution < -0.4 is 51.4 Å². The van der Waals surface area contributed by atoms with Crippen molar-refractivity contribution in [3.8, 4) is 12.1 Å². The van der Waals surface area contributed by atoms with E-state index < -0.39 is 40.7 Å². The number of carbonyl (C=O) groups excluding carboxylic acids is 1. The summed E-state index contributed by atoms with van der Waals surface area (Å²) in [7, 11) is 0. The molecule has 0 aliphatic rings. The molecule has 0 aliphatic heterocycles. The fourth-order valence-electron chi connectivity index (χ4n) is 1.21. The van der Waals surface area contributed by atoms with Gasteiger partial charge in [0.2, 0.25) is 0 Å². The third kappa shape index (κ3) is 3.72. The van der Waals surface area contributed by atoms with Gasteiger partial charge in [-0.2, -0.15) is 9.65 Å². The van der Waals surface area contributed by atoms with Gasteiger partial charge >= 0.3 is 51.4 Å². The van der Waals surface area contributed by atoms with Crippen molar-refractivity contribution in [1.29, 1.82) is 10.5 Å². The van der Waals surface area contributed by atoms with E-state index in [0.29, 0.717) is 0 Å². The Hall–Kier alpha value is -1.10. The van der Waals surface area contributed by atoms with E-state index in [-0.39, 0.29) is 58.0 Å². The quantitative estimate of drug-likeness (QED) is 0.290. The van der Waals surface area contributed by atoms with E-state index in [9.17, 15) is 18.0 Å². The summed E-state index contributed by atoms with van der Waals surface area (Å²) in [5, 5.41) is 17.2. The Balaban J connectivity index is 0.00000361. The molecule has 98 valence electrons. The third-order valence-corrected chi connectivity index (χ3v) is 1.99. The number of hydrogen-bond donors (Lipinski definition) is 0. The van der Waals surface area contributed by atoms with Crippen LogP contribution in [0.5, 0.6) is 0 Å². The average molecular weight is 307 g/mol. The van der Waals surface area contributed by atoms with Gasteiger partial charge in [-0.1, -0.05) is 5.56 Å². The van der Waals surface area contributed by atoms with Gasteiger partial charge in [0.25, 0.3) is 5.97 Å². The van der Waals surface area contributed by atoms with Gasteiger partial charge in [-0.25, -0.2) is 10.2 Å². The summed E-state index contributed by atoms with van der Waals surface area (Å²) >= 11 is 0. The van der Waals surface area contributed by atoms with Gasteiger partial charge in [-0.3, -0.25) is 13.6 Å². The van der Waals surface area contributed by atoms with Crippen LogP contribution in [0.4, 0.5) is 13.2 Å². The molecular weight excluding hydrogens is 302 g/mol. The van der Waals surface area contributed by atoms with E-state index in [0.717, 1.165) is 0 Å². The van der Waals surface area contributed by atoms with Crippen LogP contribution in [0.1, 0.15) is 18.2 Å². The van der Waals surface area contributed by atoms with Crippen molar-refractivity contribution in [1.82, 2.24) is 4.98 Å². The smallest absolute Gasteiger partial charge is 0.471 e. The minimum absolute atomic E-state index is 0. The number of rotatable bonds is 3. The molecule has 9 heteroatoms. The molecule has 1 aromatic rings. The fraction of sp³-hybridized carbons (Fsp3) is 0.182. The van der Waals surface area contributed by atoms with Crippen molar-refractivity contribution in [2.24, 2.45) is 0 Å². The molecule has 0 saturated carbocycles. The molecule has 0 N–H and O–H groups in total. The SMILES string of the molecule is CCOC(=O)[C-](C#N)c1c(F)c(F)nc(C#N)c1F.[K+]. The van der Waals surface area contributed by atoms with Crippen molar-refractivity contribution >= 4 is 5.97 Å². The maximum atomic E-state index is 13.7. The summed E-state index contributed by atoms with van der Waals surface area (Å²) < 4.78 is 44.6. The Morgan fingerprint density at radius 1 is 1.35 bits per heavy atom. The normalized spacial score (nSPS) is 8.90. The summed E-state index contributed by atoms with van der Waals surface area (Å²) in [5.41, 5.74) is -2.32. The molecule has 0 radical (unpaired) electrons. The topological polar surface area (TPSA) is 86.8 Å². The van der Waals surface area contributed by atoms with Crippen LogP contribution in [0.3, 0.4) is 0 Å². The van der Waals surface area contributed by atoms with Crippen molar-refractivity contribution in [3.63, 3.8) is 0 Å². The first kappa shape index (κ1) is 18.9. The Kier molecular flexibility index (Phi) is 7.79. The Labute approximate surface area is 154 Å². The number of halogens is 3. The first-order chi connectivity index (χ1) is 8.97.